The highest BCUT2D eigenvalue weighted by Crippen LogP contribution is 2.20. The van der Waals surface area contributed by atoms with Crippen LogP contribution in [0, 0.1) is 26.7 Å². The van der Waals surface area contributed by atoms with Crippen molar-refractivity contribution >= 4 is 5.78 Å². The molecule has 1 aliphatic rings. The Balaban J connectivity index is 2.04. The van der Waals surface area contributed by atoms with Crippen molar-refractivity contribution in [2.75, 3.05) is 13.1 Å². The summed E-state index contributed by atoms with van der Waals surface area (Å²) in [4.78, 5) is 8.90. The van der Waals surface area contributed by atoms with Gasteiger partial charge in [0.15, 0.2) is 0 Å². The molecule has 3 rings (SSSR count). The summed E-state index contributed by atoms with van der Waals surface area (Å²) in [6, 6.07) is 0. The predicted molar refractivity (Wildman–Crippen MR) is 69.7 cm³/mol. The number of rotatable bonds is 2. The third-order valence-corrected chi connectivity index (χ3v) is 3.81. The summed E-state index contributed by atoms with van der Waals surface area (Å²) in [5.74, 6) is 2.23. The molecule has 1 N–H and O–H groups in total. The molecule has 18 heavy (non-hydrogen) atoms. The summed E-state index contributed by atoms with van der Waals surface area (Å²) in [6.07, 6.45) is 2.35. The molecule has 1 atom stereocenters. The fraction of sp³-hybridized carbons (Fsp3) is 0.615. The van der Waals surface area contributed by atoms with Crippen LogP contribution >= 0.6 is 0 Å². The zero-order chi connectivity index (χ0) is 12.7. The number of aromatic nitrogens is 4. The normalized spacial score (nSPS) is 19.8. The quantitative estimate of drug-likeness (QED) is 0.864. The Morgan fingerprint density at radius 1 is 1.28 bits per heavy atom. The molecule has 1 saturated heterocycles. The number of nitrogens with one attached hydrogen (secondary N) is 1. The minimum absolute atomic E-state index is 0.718. The Hall–Kier alpha value is -1.49. The van der Waals surface area contributed by atoms with Gasteiger partial charge in [-0.15, -0.1) is 0 Å². The topological polar surface area (TPSA) is 55.1 Å². The van der Waals surface area contributed by atoms with E-state index in [9.17, 15) is 0 Å². The van der Waals surface area contributed by atoms with Crippen molar-refractivity contribution in [1.82, 2.24) is 24.9 Å². The maximum absolute atomic E-state index is 4.57. The largest absolute Gasteiger partial charge is 0.316 e. The third kappa shape index (κ3) is 1.88. The Morgan fingerprint density at radius 3 is 2.83 bits per heavy atom. The minimum Gasteiger partial charge on any atom is -0.316 e. The van der Waals surface area contributed by atoms with Crippen LogP contribution in [0.1, 0.15) is 29.2 Å². The molecule has 3 heterocycles. The molecular weight excluding hydrogens is 226 g/mol. The number of hydrogen-bond donors (Lipinski definition) is 1. The van der Waals surface area contributed by atoms with Crippen LogP contribution in [0.2, 0.25) is 0 Å². The summed E-state index contributed by atoms with van der Waals surface area (Å²) < 4.78 is 1.88. The van der Waals surface area contributed by atoms with Gasteiger partial charge >= 0.3 is 0 Å². The van der Waals surface area contributed by atoms with E-state index in [0.29, 0.717) is 0 Å². The summed E-state index contributed by atoms with van der Waals surface area (Å²) in [7, 11) is 0. The molecule has 5 nitrogen and oxygen atoms in total. The molecule has 96 valence electrons. The summed E-state index contributed by atoms with van der Waals surface area (Å²) in [6.45, 7) is 8.36. The molecule has 0 spiro atoms. The first-order valence-electron chi connectivity index (χ1n) is 6.55. The number of aryl methyl sites for hydroxylation is 3. The maximum atomic E-state index is 4.57. The number of fused-ring (bicyclic) bond motifs is 1. The van der Waals surface area contributed by atoms with Gasteiger partial charge in [0.1, 0.15) is 5.82 Å². The molecule has 5 heteroatoms. The van der Waals surface area contributed by atoms with Crippen LogP contribution < -0.4 is 5.32 Å². The molecule has 0 amide bonds. The summed E-state index contributed by atoms with van der Waals surface area (Å²) >= 11 is 0. The van der Waals surface area contributed by atoms with Crippen LogP contribution in [0.5, 0.6) is 0 Å². The lowest BCUT2D eigenvalue weighted by Gasteiger charge is -2.13. The van der Waals surface area contributed by atoms with Crippen molar-refractivity contribution in [3.05, 3.63) is 22.8 Å². The second-order valence-electron chi connectivity index (χ2n) is 5.19. The second-order valence-corrected chi connectivity index (χ2v) is 5.19. The fourth-order valence-electron chi connectivity index (χ4n) is 2.78. The predicted octanol–water partition coefficient (Wildman–Crippen LogP) is 1.20. The lowest BCUT2D eigenvalue weighted by Crippen LogP contribution is -2.14. The van der Waals surface area contributed by atoms with Gasteiger partial charge in [-0.25, -0.2) is 9.50 Å². The lowest BCUT2D eigenvalue weighted by molar-refractivity contribution is 0.571. The smallest absolute Gasteiger partial charge is 0.252 e. The van der Waals surface area contributed by atoms with Crippen molar-refractivity contribution in [3.63, 3.8) is 0 Å². The zero-order valence-corrected chi connectivity index (χ0v) is 11.2. The fourth-order valence-corrected chi connectivity index (χ4v) is 2.78. The van der Waals surface area contributed by atoms with E-state index in [0.717, 1.165) is 42.7 Å². The Bertz CT molecular complexity index is 581. The van der Waals surface area contributed by atoms with E-state index in [1.54, 1.807) is 0 Å². The van der Waals surface area contributed by atoms with Crippen LogP contribution in [0.3, 0.4) is 0 Å². The summed E-state index contributed by atoms with van der Waals surface area (Å²) in [5.41, 5.74) is 3.62. The maximum Gasteiger partial charge on any atom is 0.252 e. The van der Waals surface area contributed by atoms with Gasteiger partial charge in [0, 0.05) is 11.4 Å². The minimum atomic E-state index is 0.718. The van der Waals surface area contributed by atoms with E-state index >= 15 is 0 Å². The van der Waals surface area contributed by atoms with Crippen LogP contribution in [0.25, 0.3) is 5.78 Å². The highest BCUT2D eigenvalue weighted by Gasteiger charge is 2.19. The molecule has 0 aromatic carbocycles. The average molecular weight is 245 g/mol. The van der Waals surface area contributed by atoms with Crippen molar-refractivity contribution in [3.8, 4) is 0 Å². The Kier molecular flexibility index (Phi) is 2.78. The van der Waals surface area contributed by atoms with Crippen LogP contribution in [0.15, 0.2) is 0 Å². The molecule has 1 fully saturated rings. The van der Waals surface area contributed by atoms with Crippen molar-refractivity contribution in [1.29, 1.82) is 0 Å². The molecule has 0 bridgehead atoms. The van der Waals surface area contributed by atoms with Crippen molar-refractivity contribution < 1.29 is 0 Å². The van der Waals surface area contributed by atoms with Crippen LogP contribution in [-0.4, -0.2) is 32.7 Å². The molecule has 0 radical (unpaired) electrons. The number of hydrogen-bond acceptors (Lipinski definition) is 4. The van der Waals surface area contributed by atoms with Gasteiger partial charge in [-0.3, -0.25) is 0 Å². The van der Waals surface area contributed by atoms with Crippen molar-refractivity contribution in [2.24, 2.45) is 5.92 Å². The molecule has 2 aromatic heterocycles. The Morgan fingerprint density at radius 2 is 2.11 bits per heavy atom. The molecular formula is C13H19N5. The van der Waals surface area contributed by atoms with Gasteiger partial charge in [0.25, 0.3) is 5.78 Å². The monoisotopic (exact) mass is 245 g/mol. The third-order valence-electron chi connectivity index (χ3n) is 3.81. The van der Waals surface area contributed by atoms with E-state index < -0.39 is 0 Å². The number of nitrogens with zero attached hydrogens (tertiary/aromatic N) is 4. The first-order chi connectivity index (χ1) is 8.65. The Labute approximate surface area is 107 Å². The molecule has 1 unspecified atom stereocenters. The van der Waals surface area contributed by atoms with Gasteiger partial charge in [-0.1, -0.05) is 0 Å². The molecule has 0 saturated carbocycles. The van der Waals surface area contributed by atoms with Gasteiger partial charge < -0.3 is 5.32 Å². The zero-order valence-electron chi connectivity index (χ0n) is 11.2. The standard InChI is InChI=1S/C13H19N5/c1-8-12(6-11-4-5-14-7-11)9(2)18-13(15-8)16-10(3)17-18/h11,14H,4-7H2,1-3H3. The summed E-state index contributed by atoms with van der Waals surface area (Å²) in [5, 5.41) is 7.83. The van der Waals surface area contributed by atoms with E-state index in [-0.39, 0.29) is 0 Å². The van der Waals surface area contributed by atoms with E-state index in [1.807, 2.05) is 11.4 Å². The molecule has 2 aromatic rings. The molecule has 1 aliphatic heterocycles. The van der Waals surface area contributed by atoms with Crippen molar-refractivity contribution in [2.45, 2.75) is 33.6 Å². The first kappa shape index (κ1) is 11.6. The first-order valence-corrected chi connectivity index (χ1v) is 6.55. The van der Waals surface area contributed by atoms with E-state index in [1.165, 1.54) is 17.7 Å². The highest BCUT2D eigenvalue weighted by molar-refractivity contribution is 5.37. The average Bonchev–Trinajstić information content (AvgIpc) is 2.93. The van der Waals surface area contributed by atoms with Gasteiger partial charge in [0.05, 0.1) is 0 Å². The van der Waals surface area contributed by atoms with Crippen LogP contribution in [0.4, 0.5) is 0 Å². The van der Waals surface area contributed by atoms with Gasteiger partial charge in [-0.2, -0.15) is 10.1 Å². The van der Waals surface area contributed by atoms with Crippen LogP contribution in [-0.2, 0) is 6.42 Å². The van der Waals surface area contributed by atoms with E-state index in [4.69, 9.17) is 0 Å². The van der Waals surface area contributed by atoms with Gasteiger partial charge in [0.2, 0.25) is 0 Å². The van der Waals surface area contributed by atoms with E-state index in [2.05, 4.69) is 34.2 Å². The highest BCUT2D eigenvalue weighted by atomic mass is 15.3. The SMILES string of the molecule is Cc1nc2nc(C)c(CC3CCNC3)c(C)n2n1. The van der Waals surface area contributed by atoms with Gasteiger partial charge in [-0.05, 0) is 58.2 Å². The lowest BCUT2D eigenvalue weighted by atomic mass is 9.97. The molecule has 0 aliphatic carbocycles. The second kappa shape index (κ2) is 4.31.